The number of halogens is 1. The normalized spacial score (nSPS) is 14.7. The highest BCUT2D eigenvalue weighted by molar-refractivity contribution is 5.91. The van der Waals surface area contributed by atoms with E-state index in [9.17, 15) is 9.18 Å². The minimum atomic E-state index is -0.210. The molecule has 1 fully saturated rings. The Kier molecular flexibility index (Phi) is 5.16. The molecule has 0 saturated carbocycles. The summed E-state index contributed by atoms with van der Waals surface area (Å²) < 4.78 is 13.0. The van der Waals surface area contributed by atoms with Gasteiger partial charge in [-0.05, 0) is 36.4 Å². The van der Waals surface area contributed by atoms with Crippen molar-refractivity contribution in [3.63, 3.8) is 0 Å². The molecule has 0 atom stereocenters. The lowest BCUT2D eigenvalue weighted by molar-refractivity contribution is -0.118. The first kappa shape index (κ1) is 17.2. The maximum atomic E-state index is 13.0. The topological polar surface area (TPSA) is 48.5 Å². The minimum Gasteiger partial charge on any atom is -0.368 e. The first-order valence-electron chi connectivity index (χ1n) is 8.55. The maximum Gasteiger partial charge on any atom is 0.228 e. The van der Waals surface area contributed by atoms with Gasteiger partial charge in [0.25, 0.3) is 0 Å². The quantitative estimate of drug-likeness (QED) is 0.927. The minimum absolute atomic E-state index is 0.0341. The van der Waals surface area contributed by atoms with Crippen LogP contribution in [0, 0.1) is 11.7 Å². The Balaban J connectivity index is 1.57. The standard InChI is InChI=1S/C19H23FN4O/c1-14(2)19(25)22-18-8-7-17(13-21-18)24-11-9-23(10-12-24)16-5-3-15(20)4-6-16/h3-8,13-14H,9-12H2,1-2H3,(H,21,22,25). The van der Waals surface area contributed by atoms with Crippen LogP contribution in [0.4, 0.5) is 21.6 Å². The van der Waals surface area contributed by atoms with E-state index in [0.29, 0.717) is 5.82 Å². The van der Waals surface area contributed by atoms with Gasteiger partial charge in [-0.3, -0.25) is 4.79 Å². The number of amides is 1. The van der Waals surface area contributed by atoms with Crippen LogP contribution in [0.2, 0.25) is 0 Å². The number of carbonyl (C=O) groups excluding carboxylic acids is 1. The van der Waals surface area contributed by atoms with E-state index in [-0.39, 0.29) is 17.6 Å². The van der Waals surface area contributed by atoms with Crippen LogP contribution in [0.25, 0.3) is 0 Å². The zero-order chi connectivity index (χ0) is 17.8. The van der Waals surface area contributed by atoms with Crippen LogP contribution in [0.5, 0.6) is 0 Å². The lowest BCUT2D eigenvalue weighted by atomic mass is 10.2. The van der Waals surface area contributed by atoms with Crippen molar-refractivity contribution in [2.24, 2.45) is 5.92 Å². The highest BCUT2D eigenvalue weighted by Gasteiger charge is 2.18. The van der Waals surface area contributed by atoms with Gasteiger partial charge in [-0.15, -0.1) is 0 Å². The highest BCUT2D eigenvalue weighted by atomic mass is 19.1. The van der Waals surface area contributed by atoms with Gasteiger partial charge in [0.15, 0.2) is 0 Å². The van der Waals surface area contributed by atoms with Crippen molar-refractivity contribution in [1.82, 2.24) is 4.98 Å². The number of aromatic nitrogens is 1. The SMILES string of the molecule is CC(C)C(=O)Nc1ccc(N2CCN(c3ccc(F)cc3)CC2)cn1. The molecule has 0 radical (unpaired) electrons. The van der Waals surface area contributed by atoms with Gasteiger partial charge >= 0.3 is 0 Å². The molecule has 25 heavy (non-hydrogen) atoms. The van der Waals surface area contributed by atoms with Crippen molar-refractivity contribution < 1.29 is 9.18 Å². The fraction of sp³-hybridized carbons (Fsp3) is 0.368. The summed E-state index contributed by atoms with van der Waals surface area (Å²) in [7, 11) is 0. The van der Waals surface area contributed by atoms with Gasteiger partial charge in [0.05, 0.1) is 11.9 Å². The van der Waals surface area contributed by atoms with Crippen LogP contribution in [0.15, 0.2) is 42.6 Å². The molecule has 1 aromatic heterocycles. The molecule has 2 aromatic rings. The Labute approximate surface area is 147 Å². The molecule has 1 aliphatic heterocycles. The number of hydrogen-bond acceptors (Lipinski definition) is 4. The van der Waals surface area contributed by atoms with Crippen molar-refractivity contribution in [1.29, 1.82) is 0 Å². The molecule has 1 aromatic carbocycles. The lowest BCUT2D eigenvalue weighted by Crippen LogP contribution is -2.46. The summed E-state index contributed by atoms with van der Waals surface area (Å²) in [6.07, 6.45) is 1.80. The average Bonchev–Trinajstić information content (AvgIpc) is 2.63. The first-order valence-corrected chi connectivity index (χ1v) is 8.55. The van der Waals surface area contributed by atoms with Gasteiger partial charge in [0.1, 0.15) is 11.6 Å². The summed E-state index contributed by atoms with van der Waals surface area (Å²) in [5.41, 5.74) is 2.09. The van der Waals surface area contributed by atoms with E-state index in [1.165, 1.54) is 12.1 Å². The summed E-state index contributed by atoms with van der Waals surface area (Å²) in [5.74, 6) is 0.264. The monoisotopic (exact) mass is 342 g/mol. The first-order chi connectivity index (χ1) is 12.0. The lowest BCUT2D eigenvalue weighted by Gasteiger charge is -2.37. The molecule has 5 nitrogen and oxygen atoms in total. The smallest absolute Gasteiger partial charge is 0.228 e. The third-order valence-electron chi connectivity index (χ3n) is 4.36. The maximum absolute atomic E-state index is 13.0. The summed E-state index contributed by atoms with van der Waals surface area (Å²) in [6, 6.07) is 10.4. The van der Waals surface area contributed by atoms with Crippen LogP contribution in [0.3, 0.4) is 0 Å². The van der Waals surface area contributed by atoms with Crippen LogP contribution in [-0.2, 0) is 4.79 Å². The third-order valence-corrected chi connectivity index (χ3v) is 4.36. The van der Waals surface area contributed by atoms with Crippen molar-refractivity contribution >= 4 is 23.1 Å². The summed E-state index contributed by atoms with van der Waals surface area (Å²) >= 11 is 0. The van der Waals surface area contributed by atoms with E-state index in [4.69, 9.17) is 0 Å². The average molecular weight is 342 g/mol. The molecule has 1 aliphatic rings. The zero-order valence-electron chi connectivity index (χ0n) is 14.6. The molecule has 0 spiro atoms. The van der Waals surface area contributed by atoms with Gasteiger partial charge in [-0.25, -0.2) is 9.37 Å². The van der Waals surface area contributed by atoms with E-state index in [1.54, 1.807) is 6.20 Å². The van der Waals surface area contributed by atoms with Crippen LogP contribution >= 0.6 is 0 Å². The molecule has 1 N–H and O–H groups in total. The molecule has 0 unspecified atom stereocenters. The van der Waals surface area contributed by atoms with Gasteiger partial charge in [0, 0.05) is 37.8 Å². The van der Waals surface area contributed by atoms with Gasteiger partial charge < -0.3 is 15.1 Å². The largest absolute Gasteiger partial charge is 0.368 e. The van der Waals surface area contributed by atoms with E-state index < -0.39 is 0 Å². The number of benzene rings is 1. The van der Waals surface area contributed by atoms with Crippen molar-refractivity contribution in [3.8, 4) is 0 Å². The molecule has 1 saturated heterocycles. The molecular formula is C19H23FN4O. The van der Waals surface area contributed by atoms with Crippen molar-refractivity contribution in [2.45, 2.75) is 13.8 Å². The fourth-order valence-corrected chi connectivity index (χ4v) is 2.79. The summed E-state index contributed by atoms with van der Waals surface area (Å²) in [5, 5.41) is 2.80. The van der Waals surface area contributed by atoms with E-state index >= 15 is 0 Å². The van der Waals surface area contributed by atoms with Crippen molar-refractivity contribution in [3.05, 3.63) is 48.4 Å². The molecular weight excluding hydrogens is 319 g/mol. The zero-order valence-corrected chi connectivity index (χ0v) is 14.6. The second-order valence-corrected chi connectivity index (χ2v) is 6.50. The molecule has 2 heterocycles. The highest BCUT2D eigenvalue weighted by Crippen LogP contribution is 2.21. The van der Waals surface area contributed by atoms with Gasteiger partial charge in [-0.1, -0.05) is 13.8 Å². The van der Waals surface area contributed by atoms with Gasteiger partial charge in [-0.2, -0.15) is 0 Å². The van der Waals surface area contributed by atoms with Crippen molar-refractivity contribution in [2.75, 3.05) is 41.3 Å². The number of rotatable bonds is 4. The molecule has 0 aliphatic carbocycles. The molecule has 3 rings (SSSR count). The predicted octanol–water partition coefficient (Wildman–Crippen LogP) is 3.14. The van der Waals surface area contributed by atoms with Crippen LogP contribution in [0.1, 0.15) is 13.8 Å². The third kappa shape index (κ3) is 4.26. The number of piperazine rings is 1. The number of pyridine rings is 1. The molecule has 1 amide bonds. The number of anilines is 3. The Morgan fingerprint density at radius 3 is 2.08 bits per heavy atom. The van der Waals surface area contributed by atoms with Gasteiger partial charge in [0.2, 0.25) is 5.91 Å². The summed E-state index contributed by atoms with van der Waals surface area (Å²) in [6.45, 7) is 7.19. The van der Waals surface area contributed by atoms with E-state index in [2.05, 4.69) is 20.1 Å². The van der Waals surface area contributed by atoms with Crippen LogP contribution < -0.4 is 15.1 Å². The Morgan fingerprint density at radius 2 is 1.56 bits per heavy atom. The number of nitrogens with zero attached hydrogens (tertiary/aromatic N) is 3. The Morgan fingerprint density at radius 1 is 1.00 bits per heavy atom. The number of carbonyl (C=O) groups is 1. The molecule has 132 valence electrons. The van der Waals surface area contributed by atoms with E-state index in [1.807, 2.05) is 38.1 Å². The van der Waals surface area contributed by atoms with Crippen LogP contribution in [-0.4, -0.2) is 37.1 Å². The number of hydrogen-bond donors (Lipinski definition) is 1. The predicted molar refractivity (Wildman–Crippen MR) is 98.5 cm³/mol. The second kappa shape index (κ2) is 7.51. The Hall–Kier alpha value is -2.63. The summed E-state index contributed by atoms with van der Waals surface area (Å²) in [4.78, 5) is 20.6. The number of nitrogens with one attached hydrogen (secondary N) is 1. The molecule has 0 bridgehead atoms. The fourth-order valence-electron chi connectivity index (χ4n) is 2.79. The molecule has 6 heteroatoms. The Bertz CT molecular complexity index is 707. The van der Waals surface area contributed by atoms with E-state index in [0.717, 1.165) is 37.6 Å². The second-order valence-electron chi connectivity index (χ2n) is 6.50.